The van der Waals surface area contributed by atoms with Gasteiger partial charge in [-0.15, -0.1) is 0 Å². The smallest absolute Gasteiger partial charge is 0.125 e. The minimum atomic E-state index is 0.618. The fourth-order valence-electron chi connectivity index (χ4n) is 2.91. The maximum atomic E-state index is 5.48. The summed E-state index contributed by atoms with van der Waals surface area (Å²) in [6, 6.07) is 17.4. The Morgan fingerprint density at radius 3 is 2.46 bits per heavy atom. The van der Waals surface area contributed by atoms with Crippen LogP contribution in [0.25, 0.3) is 0 Å². The van der Waals surface area contributed by atoms with Gasteiger partial charge >= 0.3 is 0 Å². The lowest BCUT2D eigenvalue weighted by atomic mass is 10.0. The summed E-state index contributed by atoms with van der Waals surface area (Å²) in [4.78, 5) is 0. The largest absolute Gasteiger partial charge is 0.497 e. The van der Waals surface area contributed by atoms with Gasteiger partial charge < -0.3 is 14.8 Å². The molecule has 2 aromatic rings. The molecule has 2 N–H and O–H groups in total. The molecule has 3 heteroatoms. The maximum absolute atomic E-state index is 5.48. The zero-order chi connectivity index (χ0) is 17.2. The highest BCUT2D eigenvalue weighted by atomic mass is 16.5. The average molecular weight is 328 g/mol. The molecule has 0 bridgehead atoms. The first kappa shape index (κ1) is 18.3. The Bertz CT molecular complexity index is 598. The molecule has 0 saturated carbocycles. The lowest BCUT2D eigenvalue weighted by Gasteiger charge is -2.13. The summed E-state index contributed by atoms with van der Waals surface area (Å²) in [5.41, 5.74) is 2.68. The van der Waals surface area contributed by atoms with Gasteiger partial charge in [0, 0.05) is 18.9 Å². The van der Waals surface area contributed by atoms with Crippen molar-refractivity contribution in [2.75, 3.05) is 20.8 Å². The molecule has 3 nitrogen and oxygen atoms in total. The summed E-state index contributed by atoms with van der Waals surface area (Å²) < 4.78 is 10.7. The average Bonchev–Trinajstić information content (AvgIpc) is 2.64. The Morgan fingerprint density at radius 1 is 0.958 bits per heavy atom. The van der Waals surface area contributed by atoms with E-state index in [1.54, 1.807) is 14.2 Å². The Hall–Kier alpha value is -2.00. The summed E-state index contributed by atoms with van der Waals surface area (Å²) in [5, 5.41) is 2.46. The summed E-state index contributed by atoms with van der Waals surface area (Å²) in [7, 11) is 3.40. The van der Waals surface area contributed by atoms with Crippen molar-refractivity contribution >= 4 is 0 Å². The second-order valence-electron chi connectivity index (χ2n) is 6.31. The van der Waals surface area contributed by atoms with Crippen LogP contribution >= 0.6 is 0 Å². The highest BCUT2D eigenvalue weighted by Crippen LogP contribution is 2.25. The van der Waals surface area contributed by atoms with Gasteiger partial charge in [-0.2, -0.15) is 0 Å². The topological polar surface area (TPSA) is 35.1 Å². The van der Waals surface area contributed by atoms with Crippen molar-refractivity contribution < 1.29 is 14.8 Å². The molecule has 0 radical (unpaired) electrons. The highest BCUT2D eigenvalue weighted by molar-refractivity contribution is 5.40. The van der Waals surface area contributed by atoms with Gasteiger partial charge in [-0.25, -0.2) is 0 Å². The van der Waals surface area contributed by atoms with Crippen LogP contribution in [0, 0.1) is 0 Å². The number of benzene rings is 2. The predicted octanol–water partition coefficient (Wildman–Crippen LogP) is 3.22. The number of ether oxygens (including phenoxy) is 2. The van der Waals surface area contributed by atoms with Gasteiger partial charge in [-0.1, -0.05) is 36.4 Å². The standard InChI is InChI=1S/C21H29NO2/c1-17(22-15-7-10-18-8-5-4-6-9-18)11-12-19-13-14-20(23-2)16-21(19)24-3/h4-6,8-9,13-14,16-17,22H,7,10-12,15H2,1-3H3/p+1/t17-/m0/s1. The molecule has 0 heterocycles. The molecule has 0 saturated heterocycles. The number of hydrogen-bond acceptors (Lipinski definition) is 2. The number of methoxy groups -OCH3 is 2. The van der Waals surface area contributed by atoms with Crippen molar-refractivity contribution in [2.24, 2.45) is 0 Å². The molecule has 0 spiro atoms. The van der Waals surface area contributed by atoms with Crippen LogP contribution in [0.1, 0.15) is 30.9 Å². The van der Waals surface area contributed by atoms with Crippen molar-refractivity contribution in [1.82, 2.24) is 0 Å². The van der Waals surface area contributed by atoms with Crippen LogP contribution in [0.4, 0.5) is 0 Å². The second-order valence-corrected chi connectivity index (χ2v) is 6.31. The van der Waals surface area contributed by atoms with E-state index in [-0.39, 0.29) is 0 Å². The number of quaternary nitrogens is 1. The molecule has 0 amide bonds. The third-order valence-corrected chi connectivity index (χ3v) is 4.44. The van der Waals surface area contributed by atoms with Crippen LogP contribution in [0.3, 0.4) is 0 Å². The highest BCUT2D eigenvalue weighted by Gasteiger charge is 2.09. The van der Waals surface area contributed by atoms with E-state index in [4.69, 9.17) is 9.47 Å². The number of aryl methyl sites for hydroxylation is 2. The summed E-state index contributed by atoms with van der Waals surface area (Å²) in [6.45, 7) is 3.48. The zero-order valence-electron chi connectivity index (χ0n) is 15.1. The summed E-state index contributed by atoms with van der Waals surface area (Å²) in [5.74, 6) is 1.77. The third-order valence-electron chi connectivity index (χ3n) is 4.44. The van der Waals surface area contributed by atoms with Gasteiger partial charge in [0.25, 0.3) is 0 Å². The Morgan fingerprint density at radius 2 is 1.75 bits per heavy atom. The summed E-state index contributed by atoms with van der Waals surface area (Å²) >= 11 is 0. The normalized spacial score (nSPS) is 12.0. The minimum absolute atomic E-state index is 0.618. The molecule has 0 aromatic heterocycles. The van der Waals surface area contributed by atoms with Gasteiger partial charge in [0.15, 0.2) is 0 Å². The Kier molecular flexibility index (Phi) is 7.63. The van der Waals surface area contributed by atoms with Crippen molar-refractivity contribution in [1.29, 1.82) is 0 Å². The maximum Gasteiger partial charge on any atom is 0.125 e. The SMILES string of the molecule is COc1ccc(CC[C@H](C)[NH2+]CCCc2ccccc2)c(OC)c1. The first-order chi connectivity index (χ1) is 11.7. The molecule has 0 aliphatic heterocycles. The van der Waals surface area contributed by atoms with E-state index < -0.39 is 0 Å². The molecule has 2 rings (SSSR count). The first-order valence-corrected chi connectivity index (χ1v) is 8.81. The van der Waals surface area contributed by atoms with E-state index in [0.29, 0.717) is 6.04 Å². The molecule has 2 aromatic carbocycles. The molecular weight excluding hydrogens is 298 g/mol. The van der Waals surface area contributed by atoms with E-state index in [0.717, 1.165) is 30.8 Å². The van der Waals surface area contributed by atoms with Crippen LogP contribution < -0.4 is 14.8 Å². The van der Waals surface area contributed by atoms with Gasteiger partial charge in [0.05, 0.1) is 26.8 Å². The van der Waals surface area contributed by atoms with Crippen LogP contribution in [-0.2, 0) is 12.8 Å². The second kappa shape index (κ2) is 9.99. The van der Waals surface area contributed by atoms with Crippen LogP contribution in [-0.4, -0.2) is 26.8 Å². The lowest BCUT2D eigenvalue weighted by molar-refractivity contribution is -0.686. The van der Waals surface area contributed by atoms with Gasteiger partial charge in [-0.05, 0) is 37.0 Å². The van der Waals surface area contributed by atoms with E-state index in [9.17, 15) is 0 Å². The molecule has 0 fully saturated rings. The fraction of sp³-hybridized carbons (Fsp3) is 0.429. The first-order valence-electron chi connectivity index (χ1n) is 8.81. The summed E-state index contributed by atoms with van der Waals surface area (Å²) in [6.07, 6.45) is 4.56. The Balaban J connectivity index is 1.70. The molecule has 1 atom stereocenters. The lowest BCUT2D eigenvalue weighted by Crippen LogP contribution is -2.89. The number of hydrogen-bond donors (Lipinski definition) is 1. The Labute approximate surface area is 146 Å². The molecule has 0 aliphatic carbocycles. The number of nitrogens with two attached hydrogens (primary N) is 1. The van der Waals surface area contributed by atoms with Crippen LogP contribution in [0.5, 0.6) is 11.5 Å². The molecular formula is C21H30NO2+. The van der Waals surface area contributed by atoms with E-state index >= 15 is 0 Å². The molecule has 130 valence electrons. The quantitative estimate of drug-likeness (QED) is 0.680. The monoisotopic (exact) mass is 328 g/mol. The predicted molar refractivity (Wildman–Crippen MR) is 98.9 cm³/mol. The van der Waals surface area contributed by atoms with E-state index in [1.165, 1.54) is 24.1 Å². The van der Waals surface area contributed by atoms with Crippen molar-refractivity contribution in [3.8, 4) is 11.5 Å². The number of rotatable bonds is 10. The van der Waals surface area contributed by atoms with E-state index in [1.807, 2.05) is 12.1 Å². The minimum Gasteiger partial charge on any atom is -0.497 e. The molecule has 0 unspecified atom stereocenters. The van der Waals surface area contributed by atoms with Crippen LogP contribution in [0.2, 0.25) is 0 Å². The molecule has 0 aliphatic rings. The van der Waals surface area contributed by atoms with E-state index in [2.05, 4.69) is 48.6 Å². The fourth-order valence-corrected chi connectivity index (χ4v) is 2.91. The van der Waals surface area contributed by atoms with Crippen molar-refractivity contribution in [2.45, 2.75) is 38.6 Å². The van der Waals surface area contributed by atoms with Crippen molar-refractivity contribution in [3.63, 3.8) is 0 Å². The van der Waals surface area contributed by atoms with Gasteiger partial charge in [0.2, 0.25) is 0 Å². The molecule has 24 heavy (non-hydrogen) atoms. The third kappa shape index (κ3) is 5.89. The zero-order valence-corrected chi connectivity index (χ0v) is 15.1. The van der Waals surface area contributed by atoms with Gasteiger partial charge in [0.1, 0.15) is 11.5 Å². The van der Waals surface area contributed by atoms with Gasteiger partial charge in [-0.3, -0.25) is 0 Å². The van der Waals surface area contributed by atoms with Crippen LogP contribution in [0.15, 0.2) is 48.5 Å². The van der Waals surface area contributed by atoms with Crippen molar-refractivity contribution in [3.05, 3.63) is 59.7 Å².